The summed E-state index contributed by atoms with van der Waals surface area (Å²) >= 11 is 0. The van der Waals surface area contributed by atoms with Crippen LogP contribution in [-0.4, -0.2) is 31.9 Å². The number of carbonyl (C=O) groups is 1. The van der Waals surface area contributed by atoms with Crippen molar-refractivity contribution in [3.05, 3.63) is 59.7 Å². The predicted octanol–water partition coefficient (Wildman–Crippen LogP) is 4.80. The SMILES string of the molecule is CCNC(=O)N(Cc1cccc(OS(=O)(=O)c2cccc(C(F)(F)F)c2)c1)C(C)CC. The third-order valence-corrected chi connectivity index (χ3v) is 5.86. The molecule has 0 saturated carbocycles. The van der Waals surface area contributed by atoms with E-state index in [4.69, 9.17) is 4.18 Å². The summed E-state index contributed by atoms with van der Waals surface area (Å²) in [5, 5.41) is 2.74. The van der Waals surface area contributed by atoms with Gasteiger partial charge in [-0.2, -0.15) is 21.6 Å². The van der Waals surface area contributed by atoms with Crippen LogP contribution in [0.4, 0.5) is 18.0 Å². The van der Waals surface area contributed by atoms with Crippen molar-refractivity contribution in [2.75, 3.05) is 6.54 Å². The van der Waals surface area contributed by atoms with Gasteiger partial charge in [0.15, 0.2) is 0 Å². The zero-order valence-corrected chi connectivity index (χ0v) is 18.3. The predicted molar refractivity (Wildman–Crippen MR) is 110 cm³/mol. The topological polar surface area (TPSA) is 75.7 Å². The first-order valence-corrected chi connectivity index (χ1v) is 11.1. The van der Waals surface area contributed by atoms with Crippen LogP contribution in [0.25, 0.3) is 0 Å². The van der Waals surface area contributed by atoms with Gasteiger partial charge in [0.2, 0.25) is 0 Å². The molecule has 6 nitrogen and oxygen atoms in total. The molecule has 0 bridgehead atoms. The van der Waals surface area contributed by atoms with Gasteiger partial charge in [0.1, 0.15) is 10.6 Å². The molecule has 0 aliphatic carbocycles. The molecule has 0 aromatic heterocycles. The van der Waals surface area contributed by atoms with E-state index in [0.29, 0.717) is 18.2 Å². The first-order valence-electron chi connectivity index (χ1n) is 9.73. The van der Waals surface area contributed by atoms with Gasteiger partial charge < -0.3 is 14.4 Å². The number of amides is 2. The molecule has 2 aromatic carbocycles. The second kappa shape index (κ2) is 10.0. The number of nitrogens with zero attached hydrogens (tertiary/aromatic N) is 1. The first-order chi connectivity index (χ1) is 14.5. The van der Waals surface area contributed by atoms with Crippen molar-refractivity contribution in [1.82, 2.24) is 10.2 Å². The van der Waals surface area contributed by atoms with Gasteiger partial charge in [-0.1, -0.05) is 25.1 Å². The number of alkyl halides is 3. The fourth-order valence-corrected chi connectivity index (χ4v) is 3.77. The zero-order chi connectivity index (χ0) is 23.2. The van der Waals surface area contributed by atoms with Crippen molar-refractivity contribution >= 4 is 16.1 Å². The maximum atomic E-state index is 12.9. The third-order valence-electron chi connectivity index (χ3n) is 4.62. The molecule has 0 radical (unpaired) electrons. The monoisotopic (exact) mass is 458 g/mol. The lowest BCUT2D eigenvalue weighted by atomic mass is 10.1. The van der Waals surface area contributed by atoms with Gasteiger partial charge in [-0.25, -0.2) is 4.79 Å². The van der Waals surface area contributed by atoms with Crippen molar-refractivity contribution in [3.8, 4) is 5.75 Å². The Kier molecular flexibility index (Phi) is 7.94. The summed E-state index contributed by atoms with van der Waals surface area (Å²) in [5.41, 5.74) is -0.472. The quantitative estimate of drug-likeness (QED) is 0.577. The van der Waals surface area contributed by atoms with Crippen LogP contribution in [0.2, 0.25) is 0 Å². The molecule has 10 heteroatoms. The standard InChI is InChI=1S/C21H25F3N2O4S/c1-4-15(3)26(20(27)25-5-2)14-16-8-6-10-18(12-16)30-31(28,29)19-11-7-9-17(13-19)21(22,23)24/h6-13,15H,4-5,14H2,1-3H3,(H,25,27). The molecule has 170 valence electrons. The maximum absolute atomic E-state index is 12.9. The van der Waals surface area contributed by atoms with Gasteiger partial charge in [-0.3, -0.25) is 0 Å². The Balaban J connectivity index is 2.26. The number of nitrogens with one attached hydrogen (secondary N) is 1. The normalized spacial score (nSPS) is 12.8. The molecule has 2 rings (SSSR count). The van der Waals surface area contributed by atoms with E-state index >= 15 is 0 Å². The second-order valence-electron chi connectivity index (χ2n) is 6.93. The molecule has 1 unspecified atom stereocenters. The Morgan fingerprint density at radius 3 is 2.42 bits per heavy atom. The molecule has 0 heterocycles. The molecule has 31 heavy (non-hydrogen) atoms. The molecule has 0 aliphatic heterocycles. The highest BCUT2D eigenvalue weighted by atomic mass is 32.2. The molecule has 2 amide bonds. The first kappa shape index (κ1) is 24.5. The van der Waals surface area contributed by atoms with Gasteiger partial charge in [0.25, 0.3) is 0 Å². The van der Waals surface area contributed by atoms with E-state index in [1.165, 1.54) is 12.1 Å². The van der Waals surface area contributed by atoms with Gasteiger partial charge in [-0.15, -0.1) is 0 Å². The van der Waals surface area contributed by atoms with Crippen molar-refractivity contribution in [2.24, 2.45) is 0 Å². The zero-order valence-electron chi connectivity index (χ0n) is 17.4. The van der Waals surface area contributed by atoms with E-state index in [9.17, 15) is 26.4 Å². The average Bonchev–Trinajstić information content (AvgIpc) is 2.71. The van der Waals surface area contributed by atoms with Crippen LogP contribution in [-0.2, 0) is 22.8 Å². The van der Waals surface area contributed by atoms with E-state index in [-0.39, 0.29) is 24.4 Å². The molecule has 0 saturated heterocycles. The molecule has 0 spiro atoms. The minimum absolute atomic E-state index is 0.0603. The van der Waals surface area contributed by atoms with Crippen LogP contribution < -0.4 is 9.50 Å². The summed E-state index contributed by atoms with van der Waals surface area (Å²) in [6.45, 7) is 6.32. The van der Waals surface area contributed by atoms with Gasteiger partial charge >= 0.3 is 22.3 Å². The fourth-order valence-electron chi connectivity index (χ4n) is 2.80. The second-order valence-corrected chi connectivity index (χ2v) is 8.48. The van der Waals surface area contributed by atoms with E-state index in [0.717, 1.165) is 24.6 Å². The number of urea groups is 1. The minimum atomic E-state index is -4.68. The summed E-state index contributed by atoms with van der Waals surface area (Å²) in [6.07, 6.45) is -3.96. The van der Waals surface area contributed by atoms with Crippen LogP contribution in [0.1, 0.15) is 38.3 Å². The number of halogens is 3. The molecule has 0 fully saturated rings. The van der Waals surface area contributed by atoms with Gasteiger partial charge in [0, 0.05) is 19.1 Å². The van der Waals surface area contributed by atoms with Crippen molar-refractivity contribution in [3.63, 3.8) is 0 Å². The number of benzene rings is 2. The summed E-state index contributed by atoms with van der Waals surface area (Å²) in [5.74, 6) is -0.0603. The highest BCUT2D eigenvalue weighted by Crippen LogP contribution is 2.31. The van der Waals surface area contributed by atoms with Gasteiger partial charge in [-0.05, 0) is 56.2 Å². The average molecular weight is 459 g/mol. The Labute approximate surface area is 180 Å². The Bertz CT molecular complexity index is 1010. The number of hydrogen-bond donors (Lipinski definition) is 1. The smallest absolute Gasteiger partial charge is 0.379 e. The van der Waals surface area contributed by atoms with Crippen LogP contribution in [0.15, 0.2) is 53.4 Å². The largest absolute Gasteiger partial charge is 0.416 e. The third kappa shape index (κ3) is 6.61. The highest BCUT2D eigenvalue weighted by molar-refractivity contribution is 7.87. The Morgan fingerprint density at radius 2 is 1.81 bits per heavy atom. The van der Waals surface area contributed by atoms with Crippen molar-refractivity contribution in [1.29, 1.82) is 0 Å². The van der Waals surface area contributed by atoms with Crippen LogP contribution >= 0.6 is 0 Å². The van der Waals surface area contributed by atoms with E-state index in [2.05, 4.69) is 5.32 Å². The lowest BCUT2D eigenvalue weighted by Crippen LogP contribution is -2.44. The van der Waals surface area contributed by atoms with Crippen LogP contribution in [0, 0.1) is 0 Å². The molecular weight excluding hydrogens is 433 g/mol. The van der Waals surface area contributed by atoms with Crippen LogP contribution in [0.3, 0.4) is 0 Å². The highest BCUT2D eigenvalue weighted by Gasteiger charge is 2.32. The summed E-state index contributed by atoms with van der Waals surface area (Å²) in [4.78, 5) is 13.4. The minimum Gasteiger partial charge on any atom is -0.379 e. The number of hydrogen-bond acceptors (Lipinski definition) is 4. The molecule has 1 N–H and O–H groups in total. The van der Waals surface area contributed by atoms with E-state index in [1.54, 1.807) is 24.0 Å². The maximum Gasteiger partial charge on any atom is 0.416 e. The van der Waals surface area contributed by atoms with E-state index < -0.39 is 26.8 Å². The molecular formula is C21H25F3N2O4S. The lowest BCUT2D eigenvalue weighted by Gasteiger charge is -2.28. The Morgan fingerprint density at radius 1 is 1.13 bits per heavy atom. The molecule has 1 atom stereocenters. The lowest BCUT2D eigenvalue weighted by molar-refractivity contribution is -0.137. The Hall–Kier alpha value is -2.75. The summed E-state index contributed by atoms with van der Waals surface area (Å²) < 4.78 is 68.8. The summed E-state index contributed by atoms with van der Waals surface area (Å²) in [6, 6.07) is 9.12. The number of carbonyl (C=O) groups excluding carboxylic acids is 1. The van der Waals surface area contributed by atoms with E-state index in [1.807, 2.05) is 13.8 Å². The number of rotatable bonds is 8. The van der Waals surface area contributed by atoms with Crippen molar-refractivity contribution < 1.29 is 30.6 Å². The molecule has 0 aliphatic rings. The van der Waals surface area contributed by atoms with Gasteiger partial charge in [0.05, 0.1) is 5.56 Å². The molecule has 2 aromatic rings. The van der Waals surface area contributed by atoms with Crippen LogP contribution in [0.5, 0.6) is 5.75 Å². The fraction of sp³-hybridized carbons (Fsp3) is 0.381. The summed E-state index contributed by atoms with van der Waals surface area (Å²) in [7, 11) is -4.48. The van der Waals surface area contributed by atoms with Crippen molar-refractivity contribution in [2.45, 2.75) is 50.9 Å².